The molecule has 8 nitrogen and oxygen atoms in total. The Morgan fingerprint density at radius 2 is 2.00 bits per heavy atom. The molecule has 0 unspecified atom stereocenters. The molecule has 4 aromatic heterocycles. The fourth-order valence-corrected chi connectivity index (χ4v) is 3.23. The van der Waals surface area contributed by atoms with Crippen LogP contribution in [0.5, 0.6) is 5.75 Å². The first-order valence-corrected chi connectivity index (χ1v) is 9.04. The van der Waals surface area contributed by atoms with Gasteiger partial charge in [0.25, 0.3) is 0 Å². The molecule has 4 heterocycles. The van der Waals surface area contributed by atoms with Gasteiger partial charge in [0.1, 0.15) is 23.5 Å². The quantitative estimate of drug-likeness (QED) is 0.512. The molecular weight excluding hydrogens is 356 g/mol. The maximum atomic E-state index is 5.69. The molecule has 0 aliphatic heterocycles. The molecule has 8 heteroatoms. The van der Waals surface area contributed by atoms with Crippen molar-refractivity contribution in [3.05, 3.63) is 48.0 Å². The van der Waals surface area contributed by atoms with Crippen LogP contribution in [0.15, 0.2) is 41.1 Å². The second kappa shape index (κ2) is 6.19. The van der Waals surface area contributed by atoms with E-state index in [1.807, 2.05) is 51.1 Å². The topological polar surface area (TPSA) is 94.1 Å². The summed E-state index contributed by atoms with van der Waals surface area (Å²) in [7, 11) is 0. The Bertz CT molecular complexity index is 1300. The summed E-state index contributed by atoms with van der Waals surface area (Å²) in [4.78, 5) is 9.02. The molecule has 0 radical (unpaired) electrons. The first kappa shape index (κ1) is 16.5. The number of furan rings is 1. The van der Waals surface area contributed by atoms with Gasteiger partial charge in [-0.15, -0.1) is 5.10 Å². The number of aromatic nitrogens is 6. The lowest BCUT2D eigenvalue weighted by Gasteiger charge is -2.02. The Hall–Kier alpha value is -3.68. The molecule has 0 bridgehead atoms. The molecule has 1 N–H and O–H groups in total. The van der Waals surface area contributed by atoms with Gasteiger partial charge >= 0.3 is 0 Å². The van der Waals surface area contributed by atoms with Crippen molar-refractivity contribution >= 4 is 16.7 Å². The number of nitrogens with zero attached hydrogens (tertiary/aromatic N) is 5. The summed E-state index contributed by atoms with van der Waals surface area (Å²) in [5.41, 5.74) is 4.84. The number of aryl methyl sites for hydroxylation is 2. The van der Waals surface area contributed by atoms with Gasteiger partial charge in [0.2, 0.25) is 5.71 Å². The Balaban J connectivity index is 1.55. The smallest absolute Gasteiger partial charge is 0.231 e. The van der Waals surface area contributed by atoms with Crippen LogP contribution >= 0.6 is 0 Å². The van der Waals surface area contributed by atoms with E-state index < -0.39 is 0 Å². The van der Waals surface area contributed by atoms with Gasteiger partial charge in [0, 0.05) is 11.1 Å². The summed E-state index contributed by atoms with van der Waals surface area (Å²) < 4.78 is 12.8. The Kier molecular flexibility index (Phi) is 3.65. The number of nitrogens with one attached hydrogen (secondary N) is 1. The lowest BCUT2D eigenvalue weighted by Crippen LogP contribution is -1.90. The van der Waals surface area contributed by atoms with E-state index in [1.54, 1.807) is 10.8 Å². The number of benzene rings is 1. The average Bonchev–Trinajstić information content (AvgIpc) is 3.40. The highest BCUT2D eigenvalue weighted by molar-refractivity contribution is 5.92. The summed E-state index contributed by atoms with van der Waals surface area (Å²) in [5, 5.41) is 12.8. The minimum absolute atomic E-state index is 0.553. The number of aromatic amines is 1. The predicted octanol–water partition coefficient (Wildman–Crippen LogP) is 3.94. The van der Waals surface area contributed by atoms with Crippen molar-refractivity contribution in [1.29, 1.82) is 0 Å². The standard InChI is InChI=1S/C20H18N6O2/c1-4-27-14-7-5-13(6-8-14)15-9-16(24-23-15)18-22-19-17-11(2)12(3)28-20(17)21-10-26(19)25-18/h5-10H,4H2,1-3H3,(H,23,24). The molecular formula is C20H18N6O2. The van der Waals surface area contributed by atoms with Crippen LogP contribution in [0.1, 0.15) is 18.2 Å². The second-order valence-corrected chi connectivity index (χ2v) is 6.54. The molecule has 0 atom stereocenters. The molecule has 0 spiro atoms. The third kappa shape index (κ3) is 2.53. The van der Waals surface area contributed by atoms with Gasteiger partial charge in [-0.1, -0.05) is 0 Å². The zero-order valence-electron chi connectivity index (χ0n) is 15.7. The van der Waals surface area contributed by atoms with Crippen LogP contribution in [0.3, 0.4) is 0 Å². The van der Waals surface area contributed by atoms with Crippen molar-refractivity contribution in [2.24, 2.45) is 0 Å². The van der Waals surface area contributed by atoms with Gasteiger partial charge in [-0.2, -0.15) is 5.10 Å². The van der Waals surface area contributed by atoms with E-state index in [1.165, 1.54) is 0 Å². The number of ether oxygens (including phenoxy) is 1. The van der Waals surface area contributed by atoms with Gasteiger partial charge in [0.15, 0.2) is 11.5 Å². The number of hydrogen-bond acceptors (Lipinski definition) is 6. The van der Waals surface area contributed by atoms with E-state index in [-0.39, 0.29) is 0 Å². The first-order chi connectivity index (χ1) is 13.6. The van der Waals surface area contributed by atoms with Gasteiger partial charge in [-0.3, -0.25) is 5.10 Å². The molecule has 140 valence electrons. The van der Waals surface area contributed by atoms with Crippen molar-refractivity contribution in [1.82, 2.24) is 29.8 Å². The predicted molar refractivity (Wildman–Crippen MR) is 104 cm³/mol. The van der Waals surface area contributed by atoms with E-state index in [2.05, 4.69) is 20.3 Å². The van der Waals surface area contributed by atoms with Gasteiger partial charge < -0.3 is 9.15 Å². The monoisotopic (exact) mass is 374 g/mol. The SMILES string of the molecule is CCOc1ccc(-c2cc(-c3nc4c5c(C)c(C)oc5ncn4n3)[nH]n2)cc1. The highest BCUT2D eigenvalue weighted by atomic mass is 16.5. The molecule has 0 aliphatic carbocycles. The summed E-state index contributed by atoms with van der Waals surface area (Å²) in [6, 6.07) is 9.76. The van der Waals surface area contributed by atoms with Crippen LogP contribution in [0.2, 0.25) is 0 Å². The van der Waals surface area contributed by atoms with E-state index in [9.17, 15) is 0 Å². The molecule has 5 rings (SSSR count). The number of hydrogen-bond donors (Lipinski definition) is 1. The third-order valence-corrected chi connectivity index (χ3v) is 4.79. The van der Waals surface area contributed by atoms with Gasteiger partial charge in [-0.05, 0) is 51.1 Å². The Morgan fingerprint density at radius 1 is 1.18 bits per heavy atom. The van der Waals surface area contributed by atoms with Gasteiger partial charge in [-0.25, -0.2) is 14.5 Å². The second-order valence-electron chi connectivity index (χ2n) is 6.54. The molecule has 0 amide bonds. The fraction of sp³-hybridized carbons (Fsp3) is 0.200. The van der Waals surface area contributed by atoms with E-state index >= 15 is 0 Å². The van der Waals surface area contributed by atoms with Crippen molar-refractivity contribution in [3.8, 4) is 28.5 Å². The van der Waals surface area contributed by atoms with E-state index in [0.717, 1.165) is 39.4 Å². The molecule has 1 aromatic carbocycles. The number of fused-ring (bicyclic) bond motifs is 3. The van der Waals surface area contributed by atoms with Crippen LogP contribution in [-0.4, -0.2) is 36.4 Å². The van der Waals surface area contributed by atoms with Crippen molar-refractivity contribution < 1.29 is 9.15 Å². The minimum atomic E-state index is 0.553. The lowest BCUT2D eigenvalue weighted by atomic mass is 10.1. The summed E-state index contributed by atoms with van der Waals surface area (Å²) >= 11 is 0. The summed E-state index contributed by atoms with van der Waals surface area (Å²) in [5.74, 6) is 2.23. The molecule has 0 saturated heterocycles. The van der Waals surface area contributed by atoms with E-state index in [0.29, 0.717) is 23.8 Å². The zero-order valence-corrected chi connectivity index (χ0v) is 15.7. The molecule has 28 heavy (non-hydrogen) atoms. The normalized spacial score (nSPS) is 11.5. The Labute approximate surface area is 160 Å². The third-order valence-electron chi connectivity index (χ3n) is 4.79. The van der Waals surface area contributed by atoms with Gasteiger partial charge in [0.05, 0.1) is 17.7 Å². The number of rotatable bonds is 4. The molecule has 5 aromatic rings. The van der Waals surface area contributed by atoms with E-state index in [4.69, 9.17) is 14.1 Å². The lowest BCUT2D eigenvalue weighted by molar-refractivity contribution is 0.340. The fourth-order valence-electron chi connectivity index (χ4n) is 3.23. The van der Waals surface area contributed by atoms with Crippen molar-refractivity contribution in [2.45, 2.75) is 20.8 Å². The highest BCUT2D eigenvalue weighted by Gasteiger charge is 2.17. The minimum Gasteiger partial charge on any atom is -0.494 e. The van der Waals surface area contributed by atoms with Crippen LogP contribution in [-0.2, 0) is 0 Å². The maximum absolute atomic E-state index is 5.69. The van der Waals surface area contributed by atoms with Crippen molar-refractivity contribution in [3.63, 3.8) is 0 Å². The van der Waals surface area contributed by atoms with Crippen LogP contribution < -0.4 is 4.74 Å². The molecule has 0 fully saturated rings. The largest absolute Gasteiger partial charge is 0.494 e. The number of H-pyrrole nitrogens is 1. The average molecular weight is 374 g/mol. The summed E-state index contributed by atoms with van der Waals surface area (Å²) in [6.07, 6.45) is 1.61. The van der Waals surface area contributed by atoms with Crippen LogP contribution in [0.4, 0.5) is 0 Å². The zero-order chi connectivity index (χ0) is 19.3. The molecule has 0 saturated carbocycles. The van der Waals surface area contributed by atoms with Crippen LogP contribution in [0.25, 0.3) is 39.5 Å². The molecule has 0 aliphatic rings. The Morgan fingerprint density at radius 3 is 2.79 bits per heavy atom. The highest BCUT2D eigenvalue weighted by Crippen LogP contribution is 2.28. The van der Waals surface area contributed by atoms with Crippen molar-refractivity contribution in [2.75, 3.05) is 6.61 Å². The first-order valence-electron chi connectivity index (χ1n) is 9.04. The summed E-state index contributed by atoms with van der Waals surface area (Å²) in [6.45, 7) is 6.52. The maximum Gasteiger partial charge on any atom is 0.231 e. The van der Waals surface area contributed by atoms with Crippen LogP contribution in [0, 0.1) is 13.8 Å².